The van der Waals surface area contributed by atoms with E-state index in [-0.39, 0.29) is 0 Å². The van der Waals surface area contributed by atoms with Crippen LogP contribution in [0.4, 0.5) is 0 Å². The lowest BCUT2D eigenvalue weighted by Gasteiger charge is -2.04. The van der Waals surface area contributed by atoms with Crippen molar-refractivity contribution >= 4 is 68.7 Å². The number of hydrogen-bond donors (Lipinski definition) is 3. The topological polar surface area (TPSA) is 56.7 Å². The molecule has 0 spiro atoms. The molecule has 4 nitrogen and oxygen atoms in total. The Bertz CT molecular complexity index is 428. The molecule has 0 heterocycles. The van der Waals surface area contributed by atoms with Crippen molar-refractivity contribution in [1.29, 1.82) is 0 Å². The maximum atomic E-state index is 9.61. The van der Waals surface area contributed by atoms with Crippen molar-refractivity contribution in [2.24, 2.45) is 5.10 Å². The van der Waals surface area contributed by atoms with Gasteiger partial charge in [0, 0.05) is 6.54 Å². The molecule has 0 aliphatic rings. The Morgan fingerprint density at radius 3 is 2.59 bits per heavy atom. The first-order valence-electron chi connectivity index (χ1n) is 4.79. The molecule has 1 rings (SSSR count). The summed E-state index contributed by atoms with van der Waals surface area (Å²) < 4.78 is 1.59. The Morgan fingerprint density at radius 1 is 1.47 bits per heavy atom. The third kappa shape index (κ3) is 4.92. The van der Waals surface area contributed by atoms with Gasteiger partial charge in [-0.1, -0.05) is 0 Å². The van der Waals surface area contributed by atoms with Gasteiger partial charge >= 0.3 is 0 Å². The normalized spacial score (nSPS) is 10.5. The molecular weight excluding hydrogens is 464 g/mol. The quantitative estimate of drug-likeness (QED) is 0.272. The molecule has 0 aliphatic carbocycles. The van der Waals surface area contributed by atoms with Crippen LogP contribution in [0.5, 0.6) is 5.75 Å². The lowest BCUT2D eigenvalue weighted by Crippen LogP contribution is -2.31. The summed E-state index contributed by atoms with van der Waals surface area (Å²) in [5.41, 5.74) is 3.61. The summed E-state index contributed by atoms with van der Waals surface area (Å²) in [4.78, 5) is 0. The second-order valence-corrected chi connectivity index (χ2v) is 5.80. The van der Waals surface area contributed by atoms with Crippen molar-refractivity contribution < 1.29 is 5.11 Å². The molecule has 0 aromatic heterocycles. The van der Waals surface area contributed by atoms with Gasteiger partial charge in [0.25, 0.3) is 0 Å². The van der Waals surface area contributed by atoms with Crippen LogP contribution in [0.1, 0.15) is 12.5 Å². The van der Waals surface area contributed by atoms with Gasteiger partial charge in [-0.15, -0.1) is 0 Å². The van der Waals surface area contributed by atoms with Gasteiger partial charge in [0.1, 0.15) is 5.75 Å². The van der Waals surface area contributed by atoms with Crippen LogP contribution in [-0.4, -0.2) is 23.0 Å². The first-order chi connectivity index (χ1) is 8.04. The Kier molecular flexibility index (Phi) is 6.41. The molecule has 0 bridgehead atoms. The molecule has 0 aliphatic heterocycles. The molecule has 92 valence electrons. The number of nitrogens with one attached hydrogen (secondary N) is 2. The minimum atomic E-state index is 0.305. The zero-order chi connectivity index (χ0) is 12.8. The number of hydrazone groups is 1. The average Bonchev–Trinajstić information content (AvgIpc) is 2.26. The number of phenolic OH excluding ortho intramolecular Hbond substituents is 1. The van der Waals surface area contributed by atoms with Crippen LogP contribution in [0.3, 0.4) is 0 Å². The summed E-state index contributed by atoms with van der Waals surface area (Å²) in [6.07, 6.45) is 1.66. The second-order valence-electron chi connectivity index (χ2n) is 3.06. The first kappa shape index (κ1) is 14.9. The van der Waals surface area contributed by atoms with Crippen LogP contribution in [0.2, 0.25) is 0 Å². The fourth-order valence-electron chi connectivity index (χ4n) is 1.03. The largest absolute Gasteiger partial charge is 0.506 e. The molecule has 1 aromatic rings. The summed E-state index contributed by atoms with van der Waals surface area (Å²) >= 11 is 9.12. The Balaban J connectivity index is 2.69. The van der Waals surface area contributed by atoms with Crippen molar-refractivity contribution in [2.45, 2.75) is 6.92 Å². The van der Waals surface area contributed by atoms with Crippen LogP contribution in [0.25, 0.3) is 0 Å². The standard InChI is InChI=1S/C10H11I2N3OS/c1-2-13-10(17)15-14-5-6-3-7(11)9(16)8(12)4-6/h3-5,16H,2H2,1H3,(H2,13,15,17)/b14-5-. The zero-order valence-electron chi connectivity index (χ0n) is 9.00. The van der Waals surface area contributed by atoms with Crippen molar-refractivity contribution in [2.75, 3.05) is 6.54 Å². The van der Waals surface area contributed by atoms with E-state index in [1.165, 1.54) is 0 Å². The summed E-state index contributed by atoms with van der Waals surface area (Å²) in [5.74, 6) is 0.305. The summed E-state index contributed by atoms with van der Waals surface area (Å²) in [5, 5.41) is 17.0. The Labute approximate surface area is 133 Å². The second kappa shape index (κ2) is 7.31. The molecule has 0 unspecified atom stereocenters. The highest BCUT2D eigenvalue weighted by atomic mass is 127. The molecule has 0 radical (unpaired) electrons. The molecule has 0 amide bonds. The molecule has 7 heteroatoms. The summed E-state index contributed by atoms with van der Waals surface area (Å²) in [6.45, 7) is 2.72. The number of nitrogens with zero attached hydrogens (tertiary/aromatic N) is 1. The predicted octanol–water partition coefficient (Wildman–Crippen LogP) is 2.42. The number of phenols is 1. The van der Waals surface area contributed by atoms with E-state index in [4.69, 9.17) is 12.2 Å². The van der Waals surface area contributed by atoms with E-state index in [0.717, 1.165) is 19.2 Å². The van der Waals surface area contributed by atoms with E-state index >= 15 is 0 Å². The number of benzene rings is 1. The van der Waals surface area contributed by atoms with Gasteiger partial charge < -0.3 is 10.4 Å². The number of aromatic hydroxyl groups is 1. The predicted molar refractivity (Wildman–Crippen MR) is 90.5 cm³/mol. The smallest absolute Gasteiger partial charge is 0.186 e. The molecule has 1 aromatic carbocycles. The third-order valence-electron chi connectivity index (χ3n) is 1.76. The summed E-state index contributed by atoms with van der Waals surface area (Å²) in [6, 6.07) is 3.69. The van der Waals surface area contributed by atoms with E-state index in [0.29, 0.717) is 10.9 Å². The van der Waals surface area contributed by atoms with Crippen LogP contribution >= 0.6 is 57.4 Å². The molecule has 0 fully saturated rings. The van der Waals surface area contributed by atoms with Crippen molar-refractivity contribution in [3.05, 3.63) is 24.8 Å². The SMILES string of the molecule is CCNC(=S)N/N=C\c1cc(I)c(O)c(I)c1. The van der Waals surface area contributed by atoms with Gasteiger partial charge in [-0.2, -0.15) is 5.10 Å². The third-order valence-corrected chi connectivity index (χ3v) is 3.64. The van der Waals surface area contributed by atoms with Crippen LogP contribution < -0.4 is 10.7 Å². The molecule has 17 heavy (non-hydrogen) atoms. The van der Waals surface area contributed by atoms with E-state index in [9.17, 15) is 5.11 Å². The molecular formula is C10H11I2N3OS. The number of rotatable bonds is 3. The van der Waals surface area contributed by atoms with Crippen molar-refractivity contribution in [3.63, 3.8) is 0 Å². The van der Waals surface area contributed by atoms with Crippen molar-refractivity contribution in [1.82, 2.24) is 10.7 Å². The van der Waals surface area contributed by atoms with Gasteiger partial charge in [-0.05, 0) is 82.0 Å². The highest BCUT2D eigenvalue weighted by Gasteiger charge is 2.04. The van der Waals surface area contributed by atoms with Crippen LogP contribution in [-0.2, 0) is 0 Å². The Hall–Kier alpha value is -0.160. The lowest BCUT2D eigenvalue weighted by atomic mass is 10.2. The lowest BCUT2D eigenvalue weighted by molar-refractivity contribution is 0.467. The Morgan fingerprint density at radius 2 is 2.06 bits per heavy atom. The number of halogens is 2. The zero-order valence-corrected chi connectivity index (χ0v) is 14.1. The molecule has 0 saturated carbocycles. The fourth-order valence-corrected chi connectivity index (χ4v) is 3.04. The average molecular weight is 475 g/mol. The number of hydrogen-bond acceptors (Lipinski definition) is 3. The molecule has 0 saturated heterocycles. The molecule has 0 atom stereocenters. The van der Waals surface area contributed by atoms with Crippen LogP contribution in [0, 0.1) is 7.14 Å². The summed E-state index contributed by atoms with van der Waals surface area (Å²) in [7, 11) is 0. The molecule has 3 N–H and O–H groups in total. The first-order valence-corrected chi connectivity index (χ1v) is 7.36. The van der Waals surface area contributed by atoms with Crippen molar-refractivity contribution in [3.8, 4) is 5.75 Å². The van der Waals surface area contributed by atoms with Gasteiger partial charge in [-0.3, -0.25) is 5.43 Å². The van der Waals surface area contributed by atoms with Gasteiger partial charge in [0.15, 0.2) is 5.11 Å². The van der Waals surface area contributed by atoms with E-state index in [2.05, 4.69) is 61.0 Å². The van der Waals surface area contributed by atoms with E-state index in [1.54, 1.807) is 6.21 Å². The maximum absolute atomic E-state index is 9.61. The highest BCUT2D eigenvalue weighted by Crippen LogP contribution is 2.26. The fraction of sp³-hybridized carbons (Fsp3) is 0.200. The minimum Gasteiger partial charge on any atom is -0.506 e. The minimum absolute atomic E-state index is 0.305. The van der Waals surface area contributed by atoms with Crippen LogP contribution in [0.15, 0.2) is 17.2 Å². The van der Waals surface area contributed by atoms with E-state index < -0.39 is 0 Å². The van der Waals surface area contributed by atoms with Gasteiger partial charge in [-0.25, -0.2) is 0 Å². The highest BCUT2D eigenvalue weighted by molar-refractivity contribution is 14.1. The monoisotopic (exact) mass is 475 g/mol. The van der Waals surface area contributed by atoms with E-state index in [1.807, 2.05) is 19.1 Å². The maximum Gasteiger partial charge on any atom is 0.186 e. The number of thiocarbonyl (C=S) groups is 1. The van der Waals surface area contributed by atoms with Gasteiger partial charge in [0.2, 0.25) is 0 Å². The van der Waals surface area contributed by atoms with Gasteiger partial charge in [0.05, 0.1) is 13.4 Å².